The molecule has 0 bridgehead atoms. The maximum atomic E-state index is 12.8. The highest BCUT2D eigenvalue weighted by molar-refractivity contribution is 6.09. The molecule has 21 heavy (non-hydrogen) atoms. The third kappa shape index (κ3) is 2.45. The van der Waals surface area contributed by atoms with Crippen LogP contribution in [-0.2, 0) is 24.5 Å². The fourth-order valence-electron chi connectivity index (χ4n) is 2.58. The number of benzene rings is 1. The first kappa shape index (κ1) is 13.8. The number of nitrogens with zero attached hydrogens (tertiary/aromatic N) is 2. The normalized spacial score (nSPS) is 13.2. The smallest absolute Gasteiger partial charge is 0.214 e. The number of carbonyl (C=O) groups excluding carboxylic acids is 1. The fraction of sp³-hybridized carbons (Fsp3) is 0.375. The van der Waals surface area contributed by atoms with E-state index in [0.29, 0.717) is 36.8 Å². The topological polar surface area (TPSA) is 53.4 Å². The zero-order valence-corrected chi connectivity index (χ0v) is 12.3. The molecular formula is C16H18N2O3. The van der Waals surface area contributed by atoms with Crippen LogP contribution in [0.25, 0.3) is 0 Å². The molecule has 0 saturated heterocycles. The number of hydrogen-bond donors (Lipinski definition) is 0. The molecule has 0 saturated carbocycles. The van der Waals surface area contributed by atoms with Crippen molar-refractivity contribution < 1.29 is 14.3 Å². The molecule has 0 N–H and O–H groups in total. The Morgan fingerprint density at radius 3 is 2.95 bits per heavy atom. The van der Waals surface area contributed by atoms with Gasteiger partial charge in [-0.15, -0.1) is 0 Å². The first-order valence-corrected chi connectivity index (χ1v) is 7.08. The van der Waals surface area contributed by atoms with Gasteiger partial charge >= 0.3 is 0 Å². The van der Waals surface area contributed by atoms with E-state index in [4.69, 9.17) is 9.47 Å². The van der Waals surface area contributed by atoms with Crippen LogP contribution < -0.4 is 4.74 Å². The number of aromatic nitrogens is 2. The van der Waals surface area contributed by atoms with Gasteiger partial charge in [0.05, 0.1) is 26.5 Å². The van der Waals surface area contributed by atoms with Crippen molar-refractivity contribution in [2.45, 2.75) is 33.1 Å². The molecule has 1 aliphatic rings. The zero-order valence-electron chi connectivity index (χ0n) is 12.3. The molecule has 110 valence electrons. The van der Waals surface area contributed by atoms with Gasteiger partial charge in [0.2, 0.25) is 5.78 Å². The average Bonchev–Trinajstić information content (AvgIpc) is 3.12. The van der Waals surface area contributed by atoms with Gasteiger partial charge in [0.25, 0.3) is 0 Å². The van der Waals surface area contributed by atoms with Crippen LogP contribution in [0.15, 0.2) is 24.4 Å². The van der Waals surface area contributed by atoms with E-state index >= 15 is 0 Å². The van der Waals surface area contributed by atoms with Crippen molar-refractivity contribution in [1.82, 2.24) is 9.78 Å². The number of methoxy groups -OCH3 is 1. The lowest BCUT2D eigenvalue weighted by Gasteiger charge is -2.08. The van der Waals surface area contributed by atoms with Gasteiger partial charge in [0.1, 0.15) is 0 Å². The molecule has 2 heterocycles. The molecule has 3 rings (SSSR count). The predicted octanol–water partition coefficient (Wildman–Crippen LogP) is 2.56. The summed E-state index contributed by atoms with van der Waals surface area (Å²) in [6, 6.07) is 5.72. The molecule has 5 nitrogen and oxygen atoms in total. The Morgan fingerprint density at radius 2 is 2.19 bits per heavy atom. The highest BCUT2D eigenvalue weighted by Crippen LogP contribution is 2.25. The Bertz CT molecular complexity index is 676. The number of rotatable bonds is 5. The number of fused-ring (bicyclic) bond motifs is 1. The molecule has 0 spiro atoms. The van der Waals surface area contributed by atoms with Crippen molar-refractivity contribution in [2.75, 3.05) is 7.11 Å². The van der Waals surface area contributed by atoms with Crippen LogP contribution in [0, 0.1) is 0 Å². The maximum Gasteiger partial charge on any atom is 0.214 e. The highest BCUT2D eigenvalue weighted by Gasteiger charge is 2.22. The molecule has 1 aromatic carbocycles. The summed E-state index contributed by atoms with van der Waals surface area (Å²) in [5.41, 5.74) is 3.40. The van der Waals surface area contributed by atoms with E-state index < -0.39 is 0 Å². The molecule has 5 heteroatoms. The third-order valence-electron chi connectivity index (χ3n) is 3.66. The monoisotopic (exact) mass is 286 g/mol. The second-order valence-electron chi connectivity index (χ2n) is 5.09. The summed E-state index contributed by atoms with van der Waals surface area (Å²) in [5.74, 6) is 0.456. The van der Waals surface area contributed by atoms with E-state index in [1.165, 1.54) is 0 Å². The second kappa shape index (κ2) is 5.69. The minimum Gasteiger partial charge on any atom is -0.493 e. The molecule has 0 amide bonds. The first-order valence-electron chi connectivity index (χ1n) is 7.08. The Balaban J connectivity index is 2.00. The highest BCUT2D eigenvalue weighted by atomic mass is 16.5. The Morgan fingerprint density at radius 1 is 1.38 bits per heavy atom. The molecule has 0 unspecified atom stereocenters. The lowest BCUT2D eigenvalue weighted by Crippen LogP contribution is -2.13. The fourth-order valence-corrected chi connectivity index (χ4v) is 2.58. The van der Waals surface area contributed by atoms with Gasteiger partial charge in [-0.3, -0.25) is 9.48 Å². The lowest BCUT2D eigenvalue weighted by atomic mass is 10.0. The van der Waals surface area contributed by atoms with Crippen LogP contribution in [0.5, 0.6) is 5.75 Å². The van der Waals surface area contributed by atoms with E-state index in [1.807, 2.05) is 18.2 Å². The van der Waals surface area contributed by atoms with Crippen molar-refractivity contribution >= 4 is 5.78 Å². The quantitative estimate of drug-likeness (QED) is 0.793. The summed E-state index contributed by atoms with van der Waals surface area (Å²) in [6.07, 6.45) is 2.50. The van der Waals surface area contributed by atoms with Crippen LogP contribution in [-0.4, -0.2) is 22.7 Å². The molecule has 0 atom stereocenters. The van der Waals surface area contributed by atoms with Crippen LogP contribution in [0.4, 0.5) is 0 Å². The first-order chi connectivity index (χ1) is 10.2. The molecule has 1 aromatic heterocycles. The van der Waals surface area contributed by atoms with Gasteiger partial charge in [-0.2, -0.15) is 5.10 Å². The van der Waals surface area contributed by atoms with Crippen molar-refractivity contribution in [1.29, 1.82) is 0 Å². The summed E-state index contributed by atoms with van der Waals surface area (Å²) in [5, 5.41) is 4.24. The van der Waals surface area contributed by atoms with Crippen LogP contribution >= 0.6 is 0 Å². The van der Waals surface area contributed by atoms with Crippen molar-refractivity contribution in [3.8, 4) is 5.75 Å². The van der Waals surface area contributed by atoms with Gasteiger partial charge < -0.3 is 9.47 Å². The molecule has 0 fully saturated rings. The van der Waals surface area contributed by atoms with Gasteiger partial charge in [-0.1, -0.05) is 19.1 Å². The van der Waals surface area contributed by atoms with Crippen LogP contribution in [0.2, 0.25) is 0 Å². The molecule has 0 radical (unpaired) electrons. The van der Waals surface area contributed by atoms with Gasteiger partial charge in [0, 0.05) is 12.1 Å². The lowest BCUT2D eigenvalue weighted by molar-refractivity contribution is 0.102. The molecule has 1 aliphatic heterocycles. The minimum atomic E-state index is -0.0625. The van der Waals surface area contributed by atoms with E-state index in [9.17, 15) is 4.79 Å². The summed E-state index contributed by atoms with van der Waals surface area (Å²) in [4.78, 5) is 12.8. The maximum absolute atomic E-state index is 12.8. The Kier molecular flexibility index (Phi) is 3.75. The largest absolute Gasteiger partial charge is 0.493 e. The minimum absolute atomic E-state index is 0.0625. The number of ether oxygens (including phenoxy) is 2. The van der Waals surface area contributed by atoms with Crippen molar-refractivity contribution in [2.24, 2.45) is 0 Å². The van der Waals surface area contributed by atoms with Gasteiger partial charge in [-0.05, 0) is 23.6 Å². The summed E-state index contributed by atoms with van der Waals surface area (Å²) < 4.78 is 12.4. The summed E-state index contributed by atoms with van der Waals surface area (Å²) in [7, 11) is 1.56. The van der Waals surface area contributed by atoms with Crippen molar-refractivity contribution in [3.63, 3.8) is 0 Å². The summed E-state index contributed by atoms with van der Waals surface area (Å²) >= 11 is 0. The van der Waals surface area contributed by atoms with Crippen LogP contribution in [0.1, 0.15) is 40.5 Å². The molecular weight excluding hydrogens is 268 g/mol. The van der Waals surface area contributed by atoms with E-state index in [2.05, 4.69) is 12.0 Å². The van der Waals surface area contributed by atoms with E-state index in [-0.39, 0.29) is 5.78 Å². The molecule has 0 aliphatic carbocycles. The standard InChI is InChI=1S/C16H18N2O3/c1-3-6-18-15(14(20-2)8-17-18)16(19)11-4-5-12-9-21-10-13(12)7-11/h4-5,7-8H,3,6,9-10H2,1-2H3. The Labute approximate surface area is 123 Å². The van der Waals surface area contributed by atoms with Gasteiger partial charge in [0.15, 0.2) is 11.4 Å². The second-order valence-corrected chi connectivity index (χ2v) is 5.09. The van der Waals surface area contributed by atoms with Gasteiger partial charge in [-0.25, -0.2) is 0 Å². The third-order valence-corrected chi connectivity index (χ3v) is 3.66. The zero-order chi connectivity index (χ0) is 14.8. The van der Waals surface area contributed by atoms with E-state index in [1.54, 1.807) is 18.0 Å². The number of hydrogen-bond acceptors (Lipinski definition) is 4. The van der Waals surface area contributed by atoms with Crippen molar-refractivity contribution in [3.05, 3.63) is 46.8 Å². The Hall–Kier alpha value is -2.14. The average molecular weight is 286 g/mol. The summed E-state index contributed by atoms with van der Waals surface area (Å²) in [6.45, 7) is 3.94. The van der Waals surface area contributed by atoms with Crippen LogP contribution in [0.3, 0.4) is 0 Å². The number of aryl methyl sites for hydroxylation is 1. The molecule has 2 aromatic rings. The van der Waals surface area contributed by atoms with E-state index in [0.717, 1.165) is 17.5 Å². The SMILES string of the molecule is CCCn1ncc(OC)c1C(=O)c1ccc2c(c1)COC2. The number of carbonyl (C=O) groups is 1. The number of ketones is 1. The predicted molar refractivity (Wildman–Crippen MR) is 77.4 cm³/mol.